The summed E-state index contributed by atoms with van der Waals surface area (Å²) in [4.78, 5) is 16.0. The zero-order chi connectivity index (χ0) is 13.0. The quantitative estimate of drug-likeness (QED) is 0.790. The normalized spacial score (nSPS) is 25.4. The first-order valence-electron chi connectivity index (χ1n) is 6.59. The third-order valence-corrected chi connectivity index (χ3v) is 4.00. The molecule has 4 nitrogen and oxygen atoms in total. The van der Waals surface area contributed by atoms with E-state index < -0.39 is 0 Å². The van der Waals surface area contributed by atoms with Crippen LogP contribution in [0.25, 0.3) is 0 Å². The van der Waals surface area contributed by atoms with Crippen LogP contribution in [0.2, 0.25) is 0 Å². The molecule has 0 aromatic carbocycles. The molecular weight excluding hydrogens is 214 g/mol. The van der Waals surface area contributed by atoms with Gasteiger partial charge in [0.15, 0.2) is 0 Å². The lowest BCUT2D eigenvalue weighted by Gasteiger charge is -2.39. The number of hydrogen-bond donors (Lipinski definition) is 1. The number of amides is 1. The average Bonchev–Trinajstić information content (AvgIpc) is 2.36. The standard InChI is InChI=1S/C13H27N3O/c1-10(14-3)12-7-6-8-16(9-12)11(2)13(17)15(4)5/h10-12,14H,6-9H2,1-5H3. The van der Waals surface area contributed by atoms with Crippen molar-refractivity contribution in [2.24, 2.45) is 5.92 Å². The average molecular weight is 241 g/mol. The molecule has 0 aliphatic carbocycles. The summed E-state index contributed by atoms with van der Waals surface area (Å²) in [7, 11) is 5.67. The van der Waals surface area contributed by atoms with Crippen LogP contribution < -0.4 is 5.32 Å². The maximum atomic E-state index is 12.0. The molecule has 4 heteroatoms. The molecule has 0 aromatic heterocycles. The van der Waals surface area contributed by atoms with Crippen LogP contribution in [0.15, 0.2) is 0 Å². The Labute approximate surface area is 105 Å². The Morgan fingerprint density at radius 3 is 2.59 bits per heavy atom. The fraction of sp³-hybridized carbons (Fsp3) is 0.923. The minimum Gasteiger partial charge on any atom is -0.347 e. The predicted molar refractivity (Wildman–Crippen MR) is 71.0 cm³/mol. The van der Waals surface area contributed by atoms with Crippen LogP contribution in [0.1, 0.15) is 26.7 Å². The SMILES string of the molecule is CNC(C)C1CCCN(C(C)C(=O)N(C)C)C1. The largest absolute Gasteiger partial charge is 0.347 e. The summed E-state index contributed by atoms with van der Waals surface area (Å²) in [5, 5.41) is 3.32. The van der Waals surface area contributed by atoms with Gasteiger partial charge in [0.1, 0.15) is 0 Å². The van der Waals surface area contributed by atoms with Gasteiger partial charge in [0.25, 0.3) is 0 Å². The number of carbonyl (C=O) groups excluding carboxylic acids is 1. The van der Waals surface area contributed by atoms with E-state index in [2.05, 4.69) is 17.1 Å². The molecule has 1 aliphatic heterocycles. The Morgan fingerprint density at radius 1 is 1.41 bits per heavy atom. The molecule has 1 rings (SSSR count). The van der Waals surface area contributed by atoms with Crippen LogP contribution in [0.5, 0.6) is 0 Å². The van der Waals surface area contributed by atoms with Crippen molar-refractivity contribution < 1.29 is 4.79 Å². The van der Waals surface area contributed by atoms with Gasteiger partial charge in [0.2, 0.25) is 5.91 Å². The molecule has 0 radical (unpaired) electrons. The molecule has 0 bridgehead atoms. The molecule has 1 saturated heterocycles. The van der Waals surface area contributed by atoms with Gasteiger partial charge in [0.05, 0.1) is 6.04 Å². The van der Waals surface area contributed by atoms with Crippen LogP contribution in [-0.2, 0) is 4.79 Å². The van der Waals surface area contributed by atoms with Crippen molar-refractivity contribution in [1.29, 1.82) is 0 Å². The van der Waals surface area contributed by atoms with E-state index in [0.29, 0.717) is 12.0 Å². The van der Waals surface area contributed by atoms with Gasteiger partial charge in [-0.1, -0.05) is 0 Å². The summed E-state index contributed by atoms with van der Waals surface area (Å²) in [5.41, 5.74) is 0. The fourth-order valence-electron chi connectivity index (χ4n) is 2.57. The molecule has 0 aromatic rings. The molecular formula is C13H27N3O. The molecule has 0 spiro atoms. The first-order valence-corrected chi connectivity index (χ1v) is 6.59. The molecule has 100 valence electrons. The third-order valence-electron chi connectivity index (χ3n) is 4.00. The van der Waals surface area contributed by atoms with Crippen LogP contribution in [0.3, 0.4) is 0 Å². The number of carbonyl (C=O) groups is 1. The van der Waals surface area contributed by atoms with Gasteiger partial charge in [-0.3, -0.25) is 9.69 Å². The van der Waals surface area contributed by atoms with Crippen molar-refractivity contribution >= 4 is 5.91 Å². The fourth-order valence-corrected chi connectivity index (χ4v) is 2.57. The second-order valence-corrected chi connectivity index (χ2v) is 5.38. The zero-order valence-electron chi connectivity index (χ0n) is 11.9. The summed E-state index contributed by atoms with van der Waals surface area (Å²) in [6.07, 6.45) is 2.46. The number of likely N-dealkylation sites (tertiary alicyclic amines) is 1. The van der Waals surface area contributed by atoms with E-state index in [0.717, 1.165) is 13.1 Å². The lowest BCUT2D eigenvalue weighted by molar-refractivity contribution is -0.134. The Morgan fingerprint density at radius 2 is 2.06 bits per heavy atom. The van der Waals surface area contributed by atoms with Gasteiger partial charge in [-0.25, -0.2) is 0 Å². The van der Waals surface area contributed by atoms with Crippen molar-refractivity contribution in [3.8, 4) is 0 Å². The van der Waals surface area contributed by atoms with E-state index in [1.807, 2.05) is 28.1 Å². The Balaban J connectivity index is 2.57. The molecule has 0 saturated carbocycles. The van der Waals surface area contributed by atoms with E-state index >= 15 is 0 Å². The first-order chi connectivity index (χ1) is 7.97. The van der Waals surface area contributed by atoms with Gasteiger partial charge < -0.3 is 10.2 Å². The topological polar surface area (TPSA) is 35.6 Å². The number of nitrogens with one attached hydrogen (secondary N) is 1. The maximum absolute atomic E-state index is 12.0. The predicted octanol–water partition coefficient (Wildman–Crippen LogP) is 0.783. The Hall–Kier alpha value is -0.610. The highest BCUT2D eigenvalue weighted by Gasteiger charge is 2.29. The smallest absolute Gasteiger partial charge is 0.239 e. The monoisotopic (exact) mass is 241 g/mol. The third kappa shape index (κ3) is 3.68. The molecule has 17 heavy (non-hydrogen) atoms. The van der Waals surface area contributed by atoms with Crippen molar-refractivity contribution in [1.82, 2.24) is 15.1 Å². The Kier molecular flexibility index (Phi) is 5.40. The van der Waals surface area contributed by atoms with Gasteiger partial charge in [-0.05, 0) is 46.2 Å². The van der Waals surface area contributed by atoms with E-state index in [-0.39, 0.29) is 11.9 Å². The number of piperidine rings is 1. The van der Waals surface area contributed by atoms with Crippen LogP contribution in [-0.4, -0.2) is 62.0 Å². The second-order valence-electron chi connectivity index (χ2n) is 5.38. The van der Waals surface area contributed by atoms with E-state index in [4.69, 9.17) is 0 Å². The van der Waals surface area contributed by atoms with E-state index in [1.54, 1.807) is 4.90 Å². The number of hydrogen-bond acceptors (Lipinski definition) is 3. The van der Waals surface area contributed by atoms with Crippen molar-refractivity contribution in [3.63, 3.8) is 0 Å². The molecule has 3 unspecified atom stereocenters. The van der Waals surface area contributed by atoms with Crippen molar-refractivity contribution in [3.05, 3.63) is 0 Å². The minimum atomic E-state index is 0.0110. The van der Waals surface area contributed by atoms with Crippen molar-refractivity contribution in [2.75, 3.05) is 34.2 Å². The molecule has 1 N–H and O–H groups in total. The summed E-state index contributed by atoms with van der Waals surface area (Å²) < 4.78 is 0. The highest BCUT2D eigenvalue weighted by Crippen LogP contribution is 2.21. The Bertz CT molecular complexity index is 255. The number of likely N-dealkylation sites (N-methyl/N-ethyl adjacent to an activating group) is 1. The van der Waals surface area contributed by atoms with Crippen LogP contribution in [0.4, 0.5) is 0 Å². The zero-order valence-corrected chi connectivity index (χ0v) is 11.9. The first kappa shape index (κ1) is 14.5. The molecule has 1 aliphatic rings. The second kappa shape index (κ2) is 6.36. The number of rotatable bonds is 4. The molecule has 1 heterocycles. The van der Waals surface area contributed by atoms with E-state index in [9.17, 15) is 4.79 Å². The van der Waals surface area contributed by atoms with Gasteiger partial charge in [0, 0.05) is 26.7 Å². The lowest BCUT2D eigenvalue weighted by atomic mass is 9.91. The summed E-state index contributed by atoms with van der Waals surface area (Å²) in [6, 6.07) is 0.538. The lowest BCUT2D eigenvalue weighted by Crippen LogP contribution is -2.51. The summed E-state index contributed by atoms with van der Waals surface area (Å²) >= 11 is 0. The van der Waals surface area contributed by atoms with Gasteiger partial charge >= 0.3 is 0 Å². The van der Waals surface area contributed by atoms with Crippen LogP contribution >= 0.6 is 0 Å². The molecule has 3 atom stereocenters. The number of nitrogens with zero attached hydrogens (tertiary/aromatic N) is 2. The minimum absolute atomic E-state index is 0.0110. The summed E-state index contributed by atoms with van der Waals surface area (Å²) in [6.45, 7) is 6.33. The van der Waals surface area contributed by atoms with Gasteiger partial charge in [-0.15, -0.1) is 0 Å². The molecule has 1 fully saturated rings. The maximum Gasteiger partial charge on any atom is 0.239 e. The van der Waals surface area contributed by atoms with Gasteiger partial charge in [-0.2, -0.15) is 0 Å². The highest BCUT2D eigenvalue weighted by molar-refractivity contribution is 5.80. The van der Waals surface area contributed by atoms with Crippen LogP contribution in [0, 0.1) is 5.92 Å². The van der Waals surface area contributed by atoms with Crippen molar-refractivity contribution in [2.45, 2.75) is 38.8 Å². The summed E-state index contributed by atoms with van der Waals surface area (Å²) in [5.74, 6) is 0.869. The van der Waals surface area contributed by atoms with E-state index in [1.165, 1.54) is 12.8 Å². The highest BCUT2D eigenvalue weighted by atomic mass is 16.2. The molecule has 1 amide bonds.